The molecule has 140 valence electrons. The van der Waals surface area contributed by atoms with E-state index in [2.05, 4.69) is 0 Å². The van der Waals surface area contributed by atoms with Gasteiger partial charge in [-0.25, -0.2) is 0 Å². The molecule has 0 aliphatic carbocycles. The molecule has 2 saturated heterocycles. The summed E-state index contributed by atoms with van der Waals surface area (Å²) in [4.78, 5) is 11.6. The maximum absolute atomic E-state index is 11.6. The molecule has 0 spiro atoms. The van der Waals surface area contributed by atoms with Crippen molar-refractivity contribution >= 4 is 5.97 Å². The monoisotopic (exact) mass is 348 g/mol. The zero-order valence-corrected chi connectivity index (χ0v) is 15.4. The lowest BCUT2D eigenvalue weighted by atomic mass is 10.0. The first-order valence-electron chi connectivity index (χ1n) is 7.99. The summed E-state index contributed by atoms with van der Waals surface area (Å²) < 4.78 is 39.5. The predicted molar refractivity (Wildman–Crippen MR) is 82.1 cm³/mol. The molecule has 0 N–H and O–H groups in total. The van der Waals surface area contributed by atoms with Crippen LogP contribution in [0.1, 0.15) is 34.6 Å². The second kappa shape index (κ2) is 7.23. The van der Waals surface area contributed by atoms with Gasteiger partial charge in [-0.1, -0.05) is 0 Å². The van der Waals surface area contributed by atoms with E-state index in [0.29, 0.717) is 6.61 Å². The molecule has 4 atom stereocenters. The van der Waals surface area contributed by atoms with E-state index in [0.717, 1.165) is 0 Å². The summed E-state index contributed by atoms with van der Waals surface area (Å²) in [7, 11) is 2.94. The Labute approximate surface area is 142 Å². The van der Waals surface area contributed by atoms with Gasteiger partial charge in [0, 0.05) is 21.1 Å². The zero-order valence-electron chi connectivity index (χ0n) is 15.4. The van der Waals surface area contributed by atoms with Crippen molar-refractivity contribution in [3.8, 4) is 0 Å². The Morgan fingerprint density at radius 1 is 1.04 bits per heavy atom. The molecule has 24 heavy (non-hydrogen) atoms. The molecule has 0 saturated carbocycles. The van der Waals surface area contributed by atoms with E-state index >= 15 is 0 Å². The van der Waals surface area contributed by atoms with Crippen molar-refractivity contribution < 1.29 is 38.0 Å². The number of ether oxygens (including phenoxy) is 7. The van der Waals surface area contributed by atoms with Gasteiger partial charge in [0.1, 0.15) is 18.3 Å². The van der Waals surface area contributed by atoms with E-state index in [1.165, 1.54) is 21.1 Å². The minimum atomic E-state index is -0.865. The molecular weight excluding hydrogens is 320 g/mol. The molecular formula is C16H28O8. The molecule has 2 aliphatic heterocycles. The molecule has 0 radical (unpaired) electrons. The van der Waals surface area contributed by atoms with Crippen molar-refractivity contribution in [2.24, 2.45) is 0 Å². The highest BCUT2D eigenvalue weighted by Crippen LogP contribution is 2.38. The van der Waals surface area contributed by atoms with E-state index in [1.807, 2.05) is 13.8 Å². The van der Waals surface area contributed by atoms with Gasteiger partial charge in [0.05, 0.1) is 6.61 Å². The highest BCUT2D eigenvalue weighted by molar-refractivity contribution is 5.66. The average molecular weight is 348 g/mol. The van der Waals surface area contributed by atoms with E-state index in [9.17, 15) is 4.79 Å². The second-order valence-electron chi connectivity index (χ2n) is 6.85. The van der Waals surface area contributed by atoms with Gasteiger partial charge in [0.2, 0.25) is 0 Å². The van der Waals surface area contributed by atoms with Gasteiger partial charge < -0.3 is 33.2 Å². The van der Waals surface area contributed by atoms with Gasteiger partial charge in [-0.3, -0.25) is 4.79 Å². The van der Waals surface area contributed by atoms with Gasteiger partial charge >= 0.3 is 5.97 Å². The number of carbonyl (C=O) groups excluding carboxylic acids is 1. The molecule has 0 aromatic heterocycles. The standard InChI is InChI=1S/C16H28O8/c1-9(17)21-13(14(18-6)19-7)12-11(23-16(4,5)24-12)10-8-20-15(2,3)22-10/h10-14H,8H2,1-7H3/t10-,11-,12+,13-/m1/s1. The third kappa shape index (κ3) is 4.44. The Morgan fingerprint density at radius 3 is 2.12 bits per heavy atom. The highest BCUT2D eigenvalue weighted by Gasteiger charge is 2.54. The van der Waals surface area contributed by atoms with Crippen molar-refractivity contribution in [2.45, 2.75) is 76.9 Å². The lowest BCUT2D eigenvalue weighted by molar-refractivity contribution is -0.223. The summed E-state index contributed by atoms with van der Waals surface area (Å²) in [5, 5.41) is 0. The molecule has 2 aliphatic rings. The van der Waals surface area contributed by atoms with Gasteiger partial charge in [-0.15, -0.1) is 0 Å². The molecule has 0 bridgehead atoms. The van der Waals surface area contributed by atoms with Crippen molar-refractivity contribution in [3.63, 3.8) is 0 Å². The van der Waals surface area contributed by atoms with Crippen molar-refractivity contribution in [3.05, 3.63) is 0 Å². The molecule has 2 rings (SSSR count). The van der Waals surface area contributed by atoms with Crippen LogP contribution in [0.4, 0.5) is 0 Å². The minimum absolute atomic E-state index is 0.352. The van der Waals surface area contributed by atoms with Crippen molar-refractivity contribution in [1.29, 1.82) is 0 Å². The number of hydrogen-bond donors (Lipinski definition) is 0. The van der Waals surface area contributed by atoms with Crippen LogP contribution in [0, 0.1) is 0 Å². The first kappa shape index (κ1) is 19.6. The molecule has 0 amide bonds. The third-order valence-corrected chi connectivity index (χ3v) is 3.92. The molecule has 0 unspecified atom stereocenters. The number of rotatable bonds is 6. The number of hydrogen-bond acceptors (Lipinski definition) is 8. The summed E-state index contributed by atoms with van der Waals surface area (Å²) >= 11 is 0. The zero-order chi connectivity index (χ0) is 18.1. The molecule has 2 heterocycles. The Morgan fingerprint density at radius 2 is 1.67 bits per heavy atom. The van der Waals surface area contributed by atoms with Crippen LogP contribution in [-0.4, -0.2) is 69.1 Å². The third-order valence-electron chi connectivity index (χ3n) is 3.92. The van der Waals surface area contributed by atoms with Gasteiger partial charge in [0.25, 0.3) is 0 Å². The van der Waals surface area contributed by atoms with E-state index < -0.39 is 42.1 Å². The number of esters is 1. The van der Waals surface area contributed by atoms with Crippen molar-refractivity contribution in [2.75, 3.05) is 20.8 Å². The Hall–Kier alpha value is -0.770. The van der Waals surface area contributed by atoms with Gasteiger partial charge in [0.15, 0.2) is 24.0 Å². The summed E-state index contributed by atoms with van der Waals surface area (Å²) in [6.07, 6.45) is -3.10. The Balaban J connectivity index is 2.25. The van der Waals surface area contributed by atoms with E-state index in [1.54, 1.807) is 13.8 Å². The highest BCUT2D eigenvalue weighted by atomic mass is 16.8. The largest absolute Gasteiger partial charge is 0.454 e. The SMILES string of the molecule is COC(OC)[C@H](OC(C)=O)[C@H]1OC(C)(C)O[C@@H]1[C@H]1COC(C)(C)O1. The van der Waals surface area contributed by atoms with Crippen LogP contribution in [0.25, 0.3) is 0 Å². The van der Waals surface area contributed by atoms with Crippen LogP contribution < -0.4 is 0 Å². The molecule has 0 aromatic rings. The first-order chi connectivity index (χ1) is 11.1. The van der Waals surface area contributed by atoms with E-state index in [4.69, 9.17) is 33.2 Å². The number of methoxy groups -OCH3 is 2. The first-order valence-corrected chi connectivity index (χ1v) is 7.99. The minimum Gasteiger partial charge on any atom is -0.454 e. The molecule has 8 heteroatoms. The lowest BCUT2D eigenvalue weighted by Gasteiger charge is -2.32. The van der Waals surface area contributed by atoms with Gasteiger partial charge in [-0.2, -0.15) is 0 Å². The molecule has 8 nitrogen and oxygen atoms in total. The smallest absolute Gasteiger partial charge is 0.303 e. The van der Waals surface area contributed by atoms with Gasteiger partial charge in [-0.05, 0) is 27.7 Å². The maximum atomic E-state index is 11.6. The maximum Gasteiger partial charge on any atom is 0.303 e. The number of carbonyl (C=O) groups is 1. The van der Waals surface area contributed by atoms with Crippen LogP contribution in [0.5, 0.6) is 0 Å². The summed E-state index contributed by atoms with van der Waals surface area (Å²) in [6.45, 7) is 8.93. The normalized spacial score (nSPS) is 32.9. The fourth-order valence-electron chi connectivity index (χ4n) is 3.07. The van der Waals surface area contributed by atoms with E-state index in [-0.39, 0.29) is 6.10 Å². The van der Waals surface area contributed by atoms with Crippen LogP contribution in [0.15, 0.2) is 0 Å². The second-order valence-corrected chi connectivity index (χ2v) is 6.85. The van der Waals surface area contributed by atoms with Crippen LogP contribution >= 0.6 is 0 Å². The fraction of sp³-hybridized carbons (Fsp3) is 0.938. The van der Waals surface area contributed by atoms with Crippen LogP contribution in [0.3, 0.4) is 0 Å². The predicted octanol–water partition coefficient (Wildman–Crippen LogP) is 1.21. The summed E-state index contributed by atoms with van der Waals surface area (Å²) in [6, 6.07) is 0. The average Bonchev–Trinajstić information content (AvgIpc) is 2.97. The Bertz CT molecular complexity index is 445. The Kier molecular flexibility index (Phi) is 5.89. The topological polar surface area (TPSA) is 81.7 Å². The quantitative estimate of drug-likeness (QED) is 0.523. The summed E-state index contributed by atoms with van der Waals surface area (Å²) in [5.74, 6) is -2.03. The summed E-state index contributed by atoms with van der Waals surface area (Å²) in [5.41, 5.74) is 0. The van der Waals surface area contributed by atoms with Crippen LogP contribution in [-0.2, 0) is 38.0 Å². The van der Waals surface area contributed by atoms with Crippen LogP contribution in [0.2, 0.25) is 0 Å². The molecule has 0 aromatic carbocycles. The van der Waals surface area contributed by atoms with Crippen molar-refractivity contribution in [1.82, 2.24) is 0 Å². The fourth-order valence-corrected chi connectivity index (χ4v) is 3.07. The lowest BCUT2D eigenvalue weighted by Crippen LogP contribution is -2.51. The molecule has 2 fully saturated rings.